The maximum absolute atomic E-state index is 11.3. The van der Waals surface area contributed by atoms with Crippen LogP contribution in [0.1, 0.15) is 17.3 Å². The molecule has 1 rings (SSSR count). The molecule has 0 aliphatic rings. The Kier molecular flexibility index (Phi) is 3.88. The molecule has 0 spiro atoms. The highest BCUT2D eigenvalue weighted by Gasteiger charge is 2.10. The van der Waals surface area contributed by atoms with E-state index < -0.39 is 5.91 Å². The second-order valence-electron chi connectivity index (χ2n) is 3.17. The third-order valence-corrected chi connectivity index (χ3v) is 1.94. The lowest BCUT2D eigenvalue weighted by Gasteiger charge is -2.09. The normalized spacial score (nSPS) is 9.62. The van der Waals surface area contributed by atoms with E-state index in [2.05, 4.69) is 0 Å². The van der Waals surface area contributed by atoms with E-state index in [0.29, 0.717) is 17.1 Å². The van der Waals surface area contributed by atoms with Gasteiger partial charge in [-0.25, -0.2) is 0 Å². The Hall–Kier alpha value is -2.04. The van der Waals surface area contributed by atoms with Crippen LogP contribution in [0.3, 0.4) is 0 Å². The van der Waals surface area contributed by atoms with Gasteiger partial charge < -0.3 is 15.2 Å². The fraction of sp³-hybridized carbons (Fsp3) is 0.273. The summed E-state index contributed by atoms with van der Waals surface area (Å²) in [7, 11) is 1.50. The minimum atomic E-state index is -0.592. The van der Waals surface area contributed by atoms with Crippen molar-refractivity contribution in [1.29, 1.82) is 0 Å². The highest BCUT2D eigenvalue weighted by atomic mass is 16.5. The summed E-state index contributed by atoms with van der Waals surface area (Å²) in [5.74, 6) is 0.118. The molecule has 0 bridgehead atoms. The van der Waals surface area contributed by atoms with Crippen LogP contribution in [-0.2, 0) is 4.79 Å². The van der Waals surface area contributed by atoms with Crippen LogP contribution in [0.25, 0.3) is 0 Å². The Bertz CT molecular complexity index is 414. The van der Waals surface area contributed by atoms with Crippen LogP contribution >= 0.6 is 0 Å². The molecule has 1 aromatic carbocycles. The van der Waals surface area contributed by atoms with Crippen LogP contribution in [0.15, 0.2) is 18.2 Å². The van der Waals surface area contributed by atoms with Crippen molar-refractivity contribution in [2.45, 2.75) is 6.92 Å². The number of methoxy groups -OCH3 is 1. The van der Waals surface area contributed by atoms with Crippen molar-refractivity contribution in [2.75, 3.05) is 13.7 Å². The molecule has 0 aromatic heterocycles. The Labute approximate surface area is 93.1 Å². The van der Waals surface area contributed by atoms with Gasteiger partial charge in [-0.2, -0.15) is 0 Å². The molecular formula is C11H13NO4. The molecule has 0 saturated carbocycles. The molecule has 5 heteroatoms. The quantitative estimate of drug-likeness (QED) is 0.747. The van der Waals surface area contributed by atoms with Gasteiger partial charge in [0.2, 0.25) is 0 Å². The monoisotopic (exact) mass is 223 g/mol. The van der Waals surface area contributed by atoms with Crippen LogP contribution in [0.5, 0.6) is 11.5 Å². The van der Waals surface area contributed by atoms with Crippen LogP contribution in [0, 0.1) is 0 Å². The number of primary amides is 1. The Morgan fingerprint density at radius 2 is 2.06 bits per heavy atom. The third kappa shape index (κ3) is 2.98. The molecule has 0 atom stereocenters. The van der Waals surface area contributed by atoms with Gasteiger partial charge in [-0.05, 0) is 25.1 Å². The molecule has 1 aromatic rings. The summed E-state index contributed by atoms with van der Waals surface area (Å²) in [5, 5.41) is 0. The van der Waals surface area contributed by atoms with Crippen molar-refractivity contribution in [1.82, 2.24) is 0 Å². The molecule has 1 amide bonds. The molecule has 0 radical (unpaired) electrons. The van der Waals surface area contributed by atoms with Crippen LogP contribution in [0.2, 0.25) is 0 Å². The van der Waals surface area contributed by atoms with E-state index in [1.807, 2.05) is 0 Å². The van der Waals surface area contributed by atoms with Crippen molar-refractivity contribution < 1.29 is 19.1 Å². The van der Waals surface area contributed by atoms with Crippen LogP contribution in [0.4, 0.5) is 0 Å². The van der Waals surface area contributed by atoms with Crippen molar-refractivity contribution >= 4 is 11.7 Å². The van der Waals surface area contributed by atoms with Crippen LogP contribution < -0.4 is 15.2 Å². The number of amides is 1. The Morgan fingerprint density at radius 3 is 2.56 bits per heavy atom. The zero-order valence-electron chi connectivity index (χ0n) is 9.15. The topological polar surface area (TPSA) is 78.6 Å². The predicted octanol–water partition coefficient (Wildman–Crippen LogP) is 0.762. The first-order valence-corrected chi connectivity index (χ1v) is 4.64. The zero-order chi connectivity index (χ0) is 12.1. The number of nitrogens with two attached hydrogens (primary N) is 1. The number of ether oxygens (including phenoxy) is 2. The summed E-state index contributed by atoms with van der Waals surface area (Å²) in [6.45, 7) is 1.15. The van der Waals surface area contributed by atoms with Gasteiger partial charge in [-0.3, -0.25) is 9.59 Å². The van der Waals surface area contributed by atoms with Crippen LogP contribution in [-0.4, -0.2) is 25.4 Å². The van der Waals surface area contributed by atoms with Gasteiger partial charge in [0, 0.05) is 0 Å². The van der Waals surface area contributed by atoms with E-state index in [0.717, 1.165) is 0 Å². The molecular weight excluding hydrogens is 210 g/mol. The van der Waals surface area contributed by atoms with Crippen molar-refractivity contribution in [3.63, 3.8) is 0 Å². The molecule has 0 saturated heterocycles. The number of ketones is 1. The van der Waals surface area contributed by atoms with Gasteiger partial charge in [0.05, 0.1) is 12.7 Å². The fourth-order valence-corrected chi connectivity index (χ4v) is 1.19. The largest absolute Gasteiger partial charge is 0.497 e. The first-order valence-electron chi connectivity index (χ1n) is 4.64. The first kappa shape index (κ1) is 12.0. The number of Topliss-reactive ketones (excluding diaryl/α,β-unsaturated/α-hetero) is 1. The fourth-order valence-electron chi connectivity index (χ4n) is 1.19. The molecule has 0 aliphatic carbocycles. The standard InChI is InChI=1S/C11H13NO4/c1-7(13)9-5-8(15-2)3-4-10(9)16-6-11(12)14/h3-5H,6H2,1-2H3,(H2,12,14). The number of hydrogen-bond donors (Lipinski definition) is 1. The summed E-state index contributed by atoms with van der Waals surface area (Å²) < 4.78 is 10.1. The third-order valence-electron chi connectivity index (χ3n) is 1.94. The lowest BCUT2D eigenvalue weighted by Crippen LogP contribution is -2.20. The van der Waals surface area contributed by atoms with Crippen molar-refractivity contribution in [3.05, 3.63) is 23.8 Å². The van der Waals surface area contributed by atoms with E-state index in [1.54, 1.807) is 18.2 Å². The van der Waals surface area contributed by atoms with E-state index in [1.165, 1.54) is 14.0 Å². The number of carbonyl (C=O) groups excluding carboxylic acids is 2. The molecule has 0 unspecified atom stereocenters. The SMILES string of the molecule is COc1ccc(OCC(N)=O)c(C(C)=O)c1. The lowest BCUT2D eigenvalue weighted by molar-refractivity contribution is -0.119. The minimum Gasteiger partial charge on any atom is -0.497 e. The highest BCUT2D eigenvalue weighted by Crippen LogP contribution is 2.24. The van der Waals surface area contributed by atoms with Gasteiger partial charge in [-0.15, -0.1) is 0 Å². The van der Waals surface area contributed by atoms with E-state index in [9.17, 15) is 9.59 Å². The van der Waals surface area contributed by atoms with Crippen molar-refractivity contribution in [3.8, 4) is 11.5 Å². The second kappa shape index (κ2) is 5.16. The summed E-state index contributed by atoms with van der Waals surface area (Å²) in [6, 6.07) is 4.76. The average Bonchev–Trinajstić information content (AvgIpc) is 2.25. The van der Waals surface area contributed by atoms with Gasteiger partial charge >= 0.3 is 0 Å². The molecule has 0 fully saturated rings. The van der Waals surface area contributed by atoms with Crippen molar-refractivity contribution in [2.24, 2.45) is 5.73 Å². The zero-order valence-corrected chi connectivity index (χ0v) is 9.15. The maximum Gasteiger partial charge on any atom is 0.255 e. The summed E-state index contributed by atoms with van der Waals surface area (Å²) in [5.41, 5.74) is 5.31. The summed E-state index contributed by atoms with van der Waals surface area (Å²) in [6.07, 6.45) is 0. The number of hydrogen-bond acceptors (Lipinski definition) is 4. The smallest absolute Gasteiger partial charge is 0.255 e. The lowest BCUT2D eigenvalue weighted by atomic mass is 10.1. The average molecular weight is 223 g/mol. The second-order valence-corrected chi connectivity index (χ2v) is 3.17. The number of rotatable bonds is 5. The molecule has 2 N–H and O–H groups in total. The maximum atomic E-state index is 11.3. The van der Waals surface area contributed by atoms with Gasteiger partial charge in [0.1, 0.15) is 11.5 Å². The van der Waals surface area contributed by atoms with Gasteiger partial charge in [0.25, 0.3) is 5.91 Å². The Balaban J connectivity index is 2.98. The number of benzene rings is 1. The van der Waals surface area contributed by atoms with Gasteiger partial charge in [-0.1, -0.05) is 0 Å². The molecule has 0 heterocycles. The summed E-state index contributed by atoms with van der Waals surface area (Å²) >= 11 is 0. The van der Waals surface area contributed by atoms with E-state index >= 15 is 0 Å². The molecule has 5 nitrogen and oxygen atoms in total. The summed E-state index contributed by atoms with van der Waals surface area (Å²) in [4.78, 5) is 21.9. The molecule has 0 aliphatic heterocycles. The Morgan fingerprint density at radius 1 is 1.38 bits per heavy atom. The van der Waals surface area contributed by atoms with Gasteiger partial charge in [0.15, 0.2) is 12.4 Å². The number of carbonyl (C=O) groups is 2. The first-order chi connectivity index (χ1) is 7.54. The van der Waals surface area contributed by atoms with E-state index in [-0.39, 0.29) is 12.4 Å². The predicted molar refractivity (Wildman–Crippen MR) is 57.7 cm³/mol. The van der Waals surface area contributed by atoms with E-state index in [4.69, 9.17) is 15.2 Å². The molecule has 86 valence electrons. The highest BCUT2D eigenvalue weighted by molar-refractivity contribution is 5.97. The minimum absolute atomic E-state index is 0.168. The molecule has 16 heavy (non-hydrogen) atoms.